The Hall–Kier alpha value is -4.30. The predicted octanol–water partition coefficient (Wildman–Crippen LogP) is 13.0. The third-order valence-corrected chi connectivity index (χ3v) is 14.0. The number of hydrogen-bond acceptors (Lipinski definition) is 2. The average Bonchev–Trinajstić information content (AvgIpc) is 3.12. The van der Waals surface area contributed by atoms with Crippen LogP contribution < -0.4 is 9.64 Å². The average molecular weight is 656 g/mol. The minimum absolute atomic E-state index is 0.0403. The lowest BCUT2D eigenvalue weighted by molar-refractivity contribution is -0.0451. The summed E-state index contributed by atoms with van der Waals surface area (Å²) >= 11 is 0. The number of hydrogen-bond donors (Lipinski definition) is 0. The fourth-order valence-corrected chi connectivity index (χ4v) is 11.7. The molecule has 4 saturated carbocycles. The highest BCUT2D eigenvalue weighted by Gasteiger charge is 2.61. The molecule has 4 bridgehead atoms. The Bertz CT molecular complexity index is 2080. The monoisotopic (exact) mass is 655 g/mol. The molecule has 1 spiro atoms. The molecule has 0 aromatic heterocycles. The highest BCUT2D eigenvalue weighted by Crippen LogP contribution is 2.70. The summed E-state index contributed by atoms with van der Waals surface area (Å²) < 4.78 is 7.49. The third kappa shape index (κ3) is 4.33. The fourth-order valence-electron chi connectivity index (χ4n) is 11.7. The molecule has 1 heterocycles. The van der Waals surface area contributed by atoms with E-state index in [1.165, 1.54) is 89.7 Å². The van der Waals surface area contributed by atoms with Gasteiger partial charge in [-0.1, -0.05) is 113 Å². The zero-order valence-electron chi connectivity index (χ0n) is 30.1. The van der Waals surface area contributed by atoms with Crippen molar-refractivity contribution in [2.24, 2.45) is 23.7 Å². The van der Waals surface area contributed by atoms with E-state index in [0.29, 0.717) is 11.8 Å². The van der Waals surface area contributed by atoms with Gasteiger partial charge in [-0.2, -0.15) is 0 Å². The van der Waals surface area contributed by atoms with Gasteiger partial charge >= 0.3 is 0 Å². The Morgan fingerprint density at radius 2 is 1.12 bits per heavy atom. The number of benzene rings is 5. The van der Waals surface area contributed by atoms with Crippen molar-refractivity contribution in [3.8, 4) is 22.6 Å². The highest BCUT2D eigenvalue weighted by atomic mass is 16.5. The molecular formula is C48H49NO. The van der Waals surface area contributed by atoms with Gasteiger partial charge in [0, 0.05) is 33.5 Å². The van der Waals surface area contributed by atoms with Gasteiger partial charge in [0.25, 0.3) is 0 Å². The van der Waals surface area contributed by atoms with Gasteiger partial charge in [0.15, 0.2) is 5.75 Å². The summed E-state index contributed by atoms with van der Waals surface area (Å²) in [5.41, 5.74) is 12.0. The van der Waals surface area contributed by atoms with E-state index in [1.54, 1.807) is 0 Å². The molecule has 5 aliphatic carbocycles. The lowest BCUT2D eigenvalue weighted by atomic mass is 9.41. The lowest BCUT2D eigenvalue weighted by Crippen LogP contribution is -2.57. The van der Waals surface area contributed by atoms with Crippen molar-refractivity contribution < 1.29 is 4.74 Å². The fraction of sp³-hybridized carbons (Fsp3) is 0.375. The second kappa shape index (κ2) is 10.8. The van der Waals surface area contributed by atoms with E-state index in [9.17, 15) is 0 Å². The molecule has 4 fully saturated rings. The molecule has 0 amide bonds. The first kappa shape index (κ1) is 30.5. The Morgan fingerprint density at radius 3 is 1.80 bits per heavy atom. The Balaban J connectivity index is 1.23. The maximum atomic E-state index is 7.49. The van der Waals surface area contributed by atoms with Crippen LogP contribution in [0.5, 0.6) is 11.5 Å². The molecule has 1 aliphatic heterocycles. The van der Waals surface area contributed by atoms with Gasteiger partial charge in [0.05, 0.1) is 5.69 Å². The van der Waals surface area contributed by atoms with Crippen molar-refractivity contribution >= 4 is 17.1 Å². The summed E-state index contributed by atoms with van der Waals surface area (Å²) in [6.07, 6.45) is 9.19. The predicted molar refractivity (Wildman–Crippen MR) is 206 cm³/mol. The number of anilines is 3. The van der Waals surface area contributed by atoms with Crippen LogP contribution in [0.1, 0.15) is 94.9 Å². The number of fused-ring (bicyclic) bond motifs is 3. The molecule has 252 valence electrons. The summed E-state index contributed by atoms with van der Waals surface area (Å²) in [5, 5.41) is 0. The van der Waals surface area contributed by atoms with E-state index >= 15 is 0 Å². The second-order valence-electron chi connectivity index (χ2n) is 17.6. The van der Waals surface area contributed by atoms with E-state index in [4.69, 9.17) is 4.74 Å². The second-order valence-corrected chi connectivity index (χ2v) is 17.6. The topological polar surface area (TPSA) is 12.5 Å². The van der Waals surface area contributed by atoms with Crippen molar-refractivity contribution in [1.82, 2.24) is 0 Å². The van der Waals surface area contributed by atoms with E-state index in [1.807, 2.05) is 0 Å². The summed E-state index contributed by atoms with van der Waals surface area (Å²) in [5.74, 6) is 5.16. The minimum atomic E-state index is -0.0403. The van der Waals surface area contributed by atoms with Crippen LogP contribution >= 0.6 is 0 Å². The van der Waals surface area contributed by atoms with Crippen molar-refractivity contribution in [2.45, 2.75) is 88.9 Å². The van der Waals surface area contributed by atoms with Gasteiger partial charge in [-0.15, -0.1) is 0 Å². The first-order chi connectivity index (χ1) is 24.2. The highest BCUT2D eigenvalue weighted by molar-refractivity contribution is 5.85. The van der Waals surface area contributed by atoms with Crippen LogP contribution in [0.4, 0.5) is 17.1 Å². The molecule has 2 heteroatoms. The van der Waals surface area contributed by atoms with Crippen molar-refractivity contribution in [1.29, 1.82) is 0 Å². The van der Waals surface area contributed by atoms with Crippen molar-refractivity contribution in [3.63, 3.8) is 0 Å². The SMILES string of the molecule is CC1(C)CCC(C)(C)c2cc(N(c3ccccc3)c3cccc4c3Oc3c(-c5ccccc5)cccc3C43C4CC5CC(C4)CC3C5)ccc21. The smallest absolute Gasteiger partial charge is 0.155 e. The Kier molecular flexibility index (Phi) is 6.62. The summed E-state index contributed by atoms with van der Waals surface area (Å²) in [7, 11) is 0. The molecule has 6 aliphatic rings. The van der Waals surface area contributed by atoms with Gasteiger partial charge in [-0.3, -0.25) is 0 Å². The Labute approximate surface area is 298 Å². The zero-order valence-corrected chi connectivity index (χ0v) is 30.1. The normalized spacial score (nSPS) is 27.6. The molecule has 0 atom stereocenters. The van der Waals surface area contributed by atoms with Crippen LogP contribution in [-0.4, -0.2) is 0 Å². The number of nitrogens with zero attached hydrogens (tertiary/aromatic N) is 1. The first-order valence-electron chi connectivity index (χ1n) is 19.2. The maximum absolute atomic E-state index is 7.49. The van der Waals surface area contributed by atoms with Crippen LogP contribution in [0.2, 0.25) is 0 Å². The number of rotatable bonds is 4. The third-order valence-electron chi connectivity index (χ3n) is 14.0. The van der Waals surface area contributed by atoms with Crippen molar-refractivity contribution in [2.75, 3.05) is 4.90 Å². The number of para-hydroxylation sites is 3. The van der Waals surface area contributed by atoms with Crippen LogP contribution in [0.15, 0.2) is 115 Å². The van der Waals surface area contributed by atoms with Gasteiger partial charge < -0.3 is 9.64 Å². The maximum Gasteiger partial charge on any atom is 0.155 e. The summed E-state index contributed by atoms with van der Waals surface area (Å²) in [6.45, 7) is 9.71. The largest absolute Gasteiger partial charge is 0.454 e. The molecule has 2 nitrogen and oxygen atoms in total. The molecule has 0 saturated heterocycles. The van der Waals surface area contributed by atoms with E-state index < -0.39 is 0 Å². The molecule has 11 rings (SSSR count). The molecule has 0 unspecified atom stereocenters. The van der Waals surface area contributed by atoms with Crippen LogP contribution in [-0.2, 0) is 16.2 Å². The van der Waals surface area contributed by atoms with Gasteiger partial charge in [0.2, 0.25) is 0 Å². The van der Waals surface area contributed by atoms with E-state index in [0.717, 1.165) is 29.0 Å². The Morgan fingerprint density at radius 1 is 0.520 bits per heavy atom. The van der Waals surface area contributed by atoms with Crippen LogP contribution in [0.3, 0.4) is 0 Å². The quantitative estimate of drug-likeness (QED) is 0.191. The minimum Gasteiger partial charge on any atom is -0.454 e. The molecule has 5 aromatic carbocycles. The van der Waals surface area contributed by atoms with Gasteiger partial charge in [-0.05, 0) is 126 Å². The van der Waals surface area contributed by atoms with E-state index in [2.05, 4.69) is 148 Å². The van der Waals surface area contributed by atoms with Gasteiger partial charge in [0.1, 0.15) is 5.75 Å². The van der Waals surface area contributed by atoms with Crippen LogP contribution in [0, 0.1) is 23.7 Å². The first-order valence-corrected chi connectivity index (χ1v) is 19.2. The van der Waals surface area contributed by atoms with Crippen LogP contribution in [0.25, 0.3) is 11.1 Å². The summed E-state index contributed by atoms with van der Waals surface area (Å²) in [4.78, 5) is 2.50. The summed E-state index contributed by atoms with van der Waals surface area (Å²) in [6, 6.07) is 43.4. The zero-order chi connectivity index (χ0) is 33.8. The van der Waals surface area contributed by atoms with Gasteiger partial charge in [-0.25, -0.2) is 0 Å². The number of ether oxygens (including phenoxy) is 1. The molecular weight excluding hydrogens is 607 g/mol. The molecule has 5 aromatic rings. The standard InChI is InChI=1S/C48H49NO/c1-46(2)23-24-47(3,4)42-30-37(21-22-39(42)46)49(36-15-9-6-10-16-36)43-20-12-19-41-45(43)50-44-38(33-13-7-5-8-14-33)17-11-18-40(44)48(41)34-26-31-25-32(28-34)29-35(48)27-31/h5-22,30-32,34-35H,23-29H2,1-4H3. The molecule has 0 radical (unpaired) electrons. The van der Waals surface area contributed by atoms with Crippen molar-refractivity contribution in [3.05, 3.63) is 138 Å². The molecule has 0 N–H and O–H groups in total. The van der Waals surface area contributed by atoms with E-state index in [-0.39, 0.29) is 16.2 Å². The lowest BCUT2D eigenvalue weighted by Gasteiger charge is -2.63. The molecule has 50 heavy (non-hydrogen) atoms.